The normalized spacial score (nSPS) is 12.5. The number of rotatable bonds is 8. The summed E-state index contributed by atoms with van der Waals surface area (Å²) in [6.45, 7) is 3.51. The van der Waals surface area contributed by atoms with Crippen LogP contribution in [0.5, 0.6) is 0 Å². The summed E-state index contributed by atoms with van der Waals surface area (Å²) in [5.74, 6) is -0.109. The maximum Gasteiger partial charge on any atom is 0.246 e. The van der Waals surface area contributed by atoms with Crippen molar-refractivity contribution in [3.63, 3.8) is 0 Å². The SMILES string of the molecule is COCCC(C)NC(=O)COCCN. The van der Waals surface area contributed by atoms with Crippen molar-refractivity contribution in [3.05, 3.63) is 0 Å². The third kappa shape index (κ3) is 7.97. The van der Waals surface area contributed by atoms with Gasteiger partial charge in [0, 0.05) is 26.3 Å². The van der Waals surface area contributed by atoms with Gasteiger partial charge in [0.25, 0.3) is 0 Å². The maximum absolute atomic E-state index is 11.2. The van der Waals surface area contributed by atoms with E-state index in [0.717, 1.165) is 6.42 Å². The molecule has 0 saturated carbocycles. The molecule has 0 saturated heterocycles. The smallest absolute Gasteiger partial charge is 0.246 e. The Balaban J connectivity index is 3.40. The van der Waals surface area contributed by atoms with Crippen molar-refractivity contribution < 1.29 is 14.3 Å². The van der Waals surface area contributed by atoms with Gasteiger partial charge in [-0.3, -0.25) is 4.79 Å². The van der Waals surface area contributed by atoms with Crippen molar-refractivity contribution in [2.75, 3.05) is 33.5 Å². The predicted molar refractivity (Wildman–Crippen MR) is 54.0 cm³/mol. The molecule has 1 atom stereocenters. The second-order valence-corrected chi connectivity index (χ2v) is 3.09. The second-order valence-electron chi connectivity index (χ2n) is 3.09. The number of ether oxygens (including phenoxy) is 2. The lowest BCUT2D eigenvalue weighted by atomic mass is 10.2. The standard InChI is InChI=1S/C9H20N2O3/c1-8(3-5-13-2)11-9(12)7-14-6-4-10/h8H,3-7,10H2,1-2H3,(H,11,12). The molecule has 0 bridgehead atoms. The van der Waals surface area contributed by atoms with Crippen LogP contribution < -0.4 is 11.1 Å². The van der Waals surface area contributed by atoms with E-state index in [1.807, 2.05) is 6.92 Å². The Morgan fingerprint density at radius 3 is 2.79 bits per heavy atom. The fourth-order valence-corrected chi connectivity index (χ4v) is 0.931. The van der Waals surface area contributed by atoms with Gasteiger partial charge in [0.05, 0.1) is 6.61 Å². The van der Waals surface area contributed by atoms with Crippen LogP contribution >= 0.6 is 0 Å². The summed E-state index contributed by atoms with van der Waals surface area (Å²) in [5, 5.41) is 2.79. The maximum atomic E-state index is 11.2. The first-order chi connectivity index (χ1) is 6.70. The molecular weight excluding hydrogens is 184 g/mol. The molecule has 5 nitrogen and oxygen atoms in total. The first-order valence-corrected chi connectivity index (χ1v) is 4.76. The molecule has 1 unspecified atom stereocenters. The van der Waals surface area contributed by atoms with Crippen molar-refractivity contribution >= 4 is 5.91 Å². The molecule has 0 aromatic rings. The molecule has 14 heavy (non-hydrogen) atoms. The molecule has 84 valence electrons. The summed E-state index contributed by atoms with van der Waals surface area (Å²) < 4.78 is 9.88. The molecule has 0 aliphatic heterocycles. The Bertz CT molecular complexity index is 153. The molecule has 3 N–H and O–H groups in total. The van der Waals surface area contributed by atoms with Gasteiger partial charge in [-0.15, -0.1) is 0 Å². The first-order valence-electron chi connectivity index (χ1n) is 4.76. The quantitative estimate of drug-likeness (QED) is 0.523. The molecule has 0 radical (unpaired) electrons. The molecule has 0 aromatic carbocycles. The minimum absolute atomic E-state index is 0.0779. The zero-order valence-electron chi connectivity index (χ0n) is 8.91. The van der Waals surface area contributed by atoms with Gasteiger partial charge in [0.2, 0.25) is 5.91 Å². The van der Waals surface area contributed by atoms with E-state index in [0.29, 0.717) is 19.8 Å². The van der Waals surface area contributed by atoms with E-state index in [2.05, 4.69) is 5.32 Å². The van der Waals surface area contributed by atoms with Crippen LogP contribution in [0.15, 0.2) is 0 Å². The Morgan fingerprint density at radius 1 is 1.50 bits per heavy atom. The highest BCUT2D eigenvalue weighted by Crippen LogP contribution is 1.90. The van der Waals surface area contributed by atoms with E-state index < -0.39 is 0 Å². The predicted octanol–water partition coefficient (Wildman–Crippen LogP) is -0.497. The lowest BCUT2D eigenvalue weighted by Crippen LogP contribution is -2.36. The van der Waals surface area contributed by atoms with Gasteiger partial charge >= 0.3 is 0 Å². The topological polar surface area (TPSA) is 73.6 Å². The first kappa shape index (κ1) is 13.4. The van der Waals surface area contributed by atoms with Crippen LogP contribution in [0.2, 0.25) is 0 Å². The molecule has 0 aliphatic rings. The minimum atomic E-state index is -0.109. The number of nitrogens with one attached hydrogen (secondary N) is 1. The van der Waals surface area contributed by atoms with Crippen molar-refractivity contribution in [2.45, 2.75) is 19.4 Å². The highest BCUT2D eigenvalue weighted by Gasteiger charge is 2.06. The van der Waals surface area contributed by atoms with Gasteiger partial charge in [0.15, 0.2) is 0 Å². The van der Waals surface area contributed by atoms with Crippen LogP contribution in [0.25, 0.3) is 0 Å². The number of carbonyl (C=O) groups is 1. The lowest BCUT2D eigenvalue weighted by molar-refractivity contribution is -0.126. The fraction of sp³-hybridized carbons (Fsp3) is 0.889. The van der Waals surface area contributed by atoms with Crippen LogP contribution in [0, 0.1) is 0 Å². The van der Waals surface area contributed by atoms with Gasteiger partial charge < -0.3 is 20.5 Å². The molecule has 0 spiro atoms. The van der Waals surface area contributed by atoms with Crippen LogP contribution in [-0.4, -0.2) is 45.4 Å². The molecule has 0 aliphatic carbocycles. The zero-order valence-corrected chi connectivity index (χ0v) is 8.91. The summed E-state index contributed by atoms with van der Waals surface area (Å²) in [7, 11) is 1.64. The van der Waals surface area contributed by atoms with Crippen molar-refractivity contribution in [1.82, 2.24) is 5.32 Å². The number of hydrogen-bond acceptors (Lipinski definition) is 4. The van der Waals surface area contributed by atoms with Crippen molar-refractivity contribution in [3.8, 4) is 0 Å². The molecule has 0 heterocycles. The highest BCUT2D eigenvalue weighted by atomic mass is 16.5. The Labute approximate surface area is 84.9 Å². The number of amides is 1. The van der Waals surface area contributed by atoms with Crippen LogP contribution in [0.1, 0.15) is 13.3 Å². The Kier molecular flexibility index (Phi) is 8.51. The van der Waals surface area contributed by atoms with E-state index in [1.165, 1.54) is 0 Å². The summed E-state index contributed by atoms with van der Waals surface area (Å²) in [5.41, 5.74) is 5.21. The van der Waals surface area contributed by atoms with Crippen molar-refractivity contribution in [1.29, 1.82) is 0 Å². The van der Waals surface area contributed by atoms with E-state index in [1.54, 1.807) is 7.11 Å². The molecule has 0 aromatic heterocycles. The van der Waals surface area contributed by atoms with Crippen LogP contribution in [0.4, 0.5) is 0 Å². The fourth-order valence-electron chi connectivity index (χ4n) is 0.931. The molecule has 0 rings (SSSR count). The Hall–Kier alpha value is -0.650. The van der Waals surface area contributed by atoms with Crippen molar-refractivity contribution in [2.24, 2.45) is 5.73 Å². The molecule has 0 fully saturated rings. The zero-order chi connectivity index (χ0) is 10.8. The average Bonchev–Trinajstić information content (AvgIpc) is 2.15. The van der Waals surface area contributed by atoms with Gasteiger partial charge in [-0.2, -0.15) is 0 Å². The largest absolute Gasteiger partial charge is 0.385 e. The third-order valence-electron chi connectivity index (χ3n) is 1.66. The van der Waals surface area contributed by atoms with E-state index in [9.17, 15) is 4.79 Å². The molecule has 1 amide bonds. The average molecular weight is 204 g/mol. The number of nitrogens with two attached hydrogens (primary N) is 1. The van der Waals surface area contributed by atoms with Gasteiger partial charge in [-0.05, 0) is 13.3 Å². The summed E-state index contributed by atoms with van der Waals surface area (Å²) in [6, 6.07) is 0.115. The van der Waals surface area contributed by atoms with E-state index in [-0.39, 0.29) is 18.6 Å². The van der Waals surface area contributed by atoms with E-state index in [4.69, 9.17) is 15.2 Å². The summed E-state index contributed by atoms with van der Waals surface area (Å²) >= 11 is 0. The number of methoxy groups -OCH3 is 1. The second kappa shape index (κ2) is 8.93. The summed E-state index contributed by atoms with van der Waals surface area (Å²) in [4.78, 5) is 11.2. The lowest BCUT2D eigenvalue weighted by Gasteiger charge is -2.13. The number of hydrogen-bond donors (Lipinski definition) is 2. The highest BCUT2D eigenvalue weighted by molar-refractivity contribution is 5.77. The Morgan fingerprint density at radius 2 is 2.21 bits per heavy atom. The minimum Gasteiger partial charge on any atom is -0.385 e. The van der Waals surface area contributed by atoms with Gasteiger partial charge in [-0.25, -0.2) is 0 Å². The van der Waals surface area contributed by atoms with Crippen LogP contribution in [0.3, 0.4) is 0 Å². The van der Waals surface area contributed by atoms with E-state index >= 15 is 0 Å². The number of carbonyl (C=O) groups excluding carboxylic acids is 1. The summed E-state index contributed by atoms with van der Waals surface area (Å²) in [6.07, 6.45) is 0.805. The van der Waals surface area contributed by atoms with Crippen LogP contribution in [-0.2, 0) is 14.3 Å². The van der Waals surface area contributed by atoms with Gasteiger partial charge in [0.1, 0.15) is 6.61 Å². The monoisotopic (exact) mass is 204 g/mol. The van der Waals surface area contributed by atoms with Gasteiger partial charge in [-0.1, -0.05) is 0 Å². The molecular formula is C9H20N2O3. The molecule has 5 heteroatoms. The third-order valence-corrected chi connectivity index (χ3v) is 1.66.